The largest absolute Gasteiger partial charge is 0.475 e. The second kappa shape index (κ2) is 4.87. The van der Waals surface area contributed by atoms with Crippen LogP contribution in [0.4, 0.5) is 0 Å². The quantitative estimate of drug-likeness (QED) is 0.873. The molecule has 1 saturated carbocycles. The summed E-state index contributed by atoms with van der Waals surface area (Å²) >= 11 is 0. The number of nitrogens with zero attached hydrogens (tertiary/aromatic N) is 1. The van der Waals surface area contributed by atoms with Crippen LogP contribution in [-0.4, -0.2) is 23.2 Å². The van der Waals surface area contributed by atoms with Crippen LogP contribution in [0.2, 0.25) is 0 Å². The Morgan fingerprint density at radius 1 is 1.59 bits per heavy atom. The van der Waals surface area contributed by atoms with E-state index in [1.807, 2.05) is 0 Å². The highest BCUT2D eigenvalue weighted by Gasteiger charge is 2.31. The first kappa shape index (κ1) is 12.1. The number of rotatable bonds is 4. The van der Waals surface area contributed by atoms with Gasteiger partial charge in [-0.15, -0.1) is 0 Å². The highest BCUT2D eigenvalue weighted by atomic mass is 16.5. The second-order valence-corrected chi connectivity index (χ2v) is 4.58. The van der Waals surface area contributed by atoms with Crippen molar-refractivity contribution < 1.29 is 19.1 Å². The van der Waals surface area contributed by atoms with Gasteiger partial charge in [0.15, 0.2) is 5.89 Å². The van der Waals surface area contributed by atoms with Crippen LogP contribution in [0.25, 0.3) is 0 Å². The summed E-state index contributed by atoms with van der Waals surface area (Å²) in [5.74, 6) is 0.145. The van der Waals surface area contributed by atoms with E-state index >= 15 is 0 Å². The Labute approximate surface area is 99.8 Å². The van der Waals surface area contributed by atoms with E-state index in [9.17, 15) is 4.79 Å². The lowest BCUT2D eigenvalue weighted by molar-refractivity contribution is 0.0652. The average Bonchev–Trinajstić information content (AvgIpc) is 2.84. The Morgan fingerprint density at radius 3 is 2.88 bits per heavy atom. The number of aromatic nitrogens is 1. The molecule has 1 aromatic heterocycles. The Bertz CT molecular complexity index is 413. The predicted octanol–water partition coefficient (Wildman–Crippen LogP) is 2.42. The van der Waals surface area contributed by atoms with Gasteiger partial charge in [-0.3, -0.25) is 0 Å². The van der Waals surface area contributed by atoms with Gasteiger partial charge in [0.05, 0.1) is 6.61 Å². The molecular formula is C12H17NO4. The summed E-state index contributed by atoms with van der Waals surface area (Å²) in [4.78, 5) is 15.3. The smallest absolute Gasteiger partial charge is 0.373 e. The molecule has 1 N–H and O–H groups in total. The molecule has 5 heteroatoms. The molecule has 0 amide bonds. The van der Waals surface area contributed by atoms with E-state index in [-0.39, 0.29) is 18.3 Å². The number of carboxylic acid groups (broad SMARTS) is 1. The van der Waals surface area contributed by atoms with Gasteiger partial charge >= 0.3 is 5.97 Å². The number of hydrogen-bond acceptors (Lipinski definition) is 4. The Hall–Kier alpha value is -1.36. The third kappa shape index (κ3) is 2.34. The molecule has 17 heavy (non-hydrogen) atoms. The molecule has 2 atom stereocenters. The van der Waals surface area contributed by atoms with Crippen molar-refractivity contribution in [2.75, 3.05) is 7.11 Å². The molecule has 0 aromatic carbocycles. The van der Waals surface area contributed by atoms with Gasteiger partial charge in [0.25, 0.3) is 0 Å². The summed E-state index contributed by atoms with van der Waals surface area (Å²) in [6, 6.07) is 0. The molecular weight excluding hydrogens is 222 g/mol. The van der Waals surface area contributed by atoms with Gasteiger partial charge in [0.1, 0.15) is 5.69 Å². The van der Waals surface area contributed by atoms with Crippen molar-refractivity contribution in [2.45, 2.75) is 38.7 Å². The normalized spacial score (nSPS) is 24.1. The zero-order valence-corrected chi connectivity index (χ0v) is 10.1. The minimum Gasteiger partial charge on any atom is -0.475 e. The number of carbonyl (C=O) groups is 1. The summed E-state index contributed by atoms with van der Waals surface area (Å²) < 4.78 is 10.3. The van der Waals surface area contributed by atoms with Crippen molar-refractivity contribution in [1.29, 1.82) is 0 Å². The maximum Gasteiger partial charge on any atom is 0.373 e. The molecule has 1 aliphatic carbocycles. The van der Waals surface area contributed by atoms with E-state index in [0.29, 0.717) is 17.5 Å². The highest BCUT2D eigenvalue weighted by molar-refractivity contribution is 5.85. The van der Waals surface area contributed by atoms with Crippen LogP contribution in [0, 0.1) is 5.92 Å². The molecule has 1 heterocycles. The van der Waals surface area contributed by atoms with Crippen molar-refractivity contribution in [1.82, 2.24) is 4.98 Å². The molecule has 2 rings (SSSR count). The summed E-state index contributed by atoms with van der Waals surface area (Å²) in [5.41, 5.74) is 0.383. The first-order chi connectivity index (χ1) is 8.13. The average molecular weight is 239 g/mol. The van der Waals surface area contributed by atoms with Crippen molar-refractivity contribution in [3.05, 3.63) is 17.3 Å². The number of methoxy groups -OCH3 is 1. The minimum atomic E-state index is -1.08. The fraction of sp³-hybridized carbons (Fsp3) is 0.667. The third-order valence-electron chi connectivity index (χ3n) is 3.37. The van der Waals surface area contributed by atoms with Gasteiger partial charge in [0.2, 0.25) is 5.76 Å². The van der Waals surface area contributed by atoms with Crippen molar-refractivity contribution in [3.63, 3.8) is 0 Å². The molecule has 1 fully saturated rings. The molecule has 1 aromatic rings. The molecule has 0 saturated heterocycles. The zero-order valence-electron chi connectivity index (χ0n) is 10.1. The van der Waals surface area contributed by atoms with Crippen LogP contribution in [0.5, 0.6) is 0 Å². The standard InChI is InChI=1S/C12H17NO4/c1-7-4-3-5-8(7)11-13-9(6-16-2)10(17-11)12(14)15/h7-8H,3-6H2,1-2H3,(H,14,15). The SMILES string of the molecule is COCc1nc(C2CCCC2C)oc1C(=O)O. The molecule has 5 nitrogen and oxygen atoms in total. The number of hydrogen-bond donors (Lipinski definition) is 1. The molecule has 94 valence electrons. The van der Waals surface area contributed by atoms with E-state index in [1.54, 1.807) is 0 Å². The van der Waals surface area contributed by atoms with Gasteiger partial charge in [-0.05, 0) is 18.8 Å². The summed E-state index contributed by atoms with van der Waals surface area (Å²) in [5, 5.41) is 9.03. The van der Waals surface area contributed by atoms with Crippen LogP contribution >= 0.6 is 0 Å². The van der Waals surface area contributed by atoms with Gasteiger partial charge in [-0.1, -0.05) is 13.3 Å². The molecule has 0 bridgehead atoms. The second-order valence-electron chi connectivity index (χ2n) is 4.58. The van der Waals surface area contributed by atoms with Gasteiger partial charge in [-0.2, -0.15) is 0 Å². The number of carboxylic acids is 1. The fourth-order valence-corrected chi connectivity index (χ4v) is 2.44. The maximum absolute atomic E-state index is 11.0. The maximum atomic E-state index is 11.0. The van der Waals surface area contributed by atoms with Gasteiger partial charge in [-0.25, -0.2) is 9.78 Å². The lowest BCUT2D eigenvalue weighted by Crippen LogP contribution is -2.02. The highest BCUT2D eigenvalue weighted by Crippen LogP contribution is 2.39. The zero-order chi connectivity index (χ0) is 12.4. The summed E-state index contributed by atoms with van der Waals surface area (Å²) in [6.45, 7) is 2.32. The predicted molar refractivity (Wildman–Crippen MR) is 59.9 cm³/mol. The van der Waals surface area contributed by atoms with Crippen LogP contribution in [0.15, 0.2) is 4.42 Å². The third-order valence-corrected chi connectivity index (χ3v) is 3.37. The molecule has 0 radical (unpaired) electrons. The summed E-state index contributed by atoms with van der Waals surface area (Å²) in [6.07, 6.45) is 3.32. The van der Waals surface area contributed by atoms with E-state index in [2.05, 4.69) is 11.9 Å². The van der Waals surface area contributed by atoms with Crippen LogP contribution < -0.4 is 0 Å². The molecule has 0 aliphatic heterocycles. The van der Waals surface area contributed by atoms with Crippen LogP contribution in [0.3, 0.4) is 0 Å². The number of oxazole rings is 1. The fourth-order valence-electron chi connectivity index (χ4n) is 2.44. The van der Waals surface area contributed by atoms with Crippen molar-refractivity contribution >= 4 is 5.97 Å². The first-order valence-corrected chi connectivity index (χ1v) is 5.85. The Morgan fingerprint density at radius 2 is 2.35 bits per heavy atom. The van der Waals surface area contributed by atoms with Crippen molar-refractivity contribution in [3.8, 4) is 0 Å². The molecule has 0 spiro atoms. The lowest BCUT2D eigenvalue weighted by Gasteiger charge is -2.09. The van der Waals surface area contributed by atoms with Crippen molar-refractivity contribution in [2.24, 2.45) is 5.92 Å². The minimum absolute atomic E-state index is 0.0825. The lowest BCUT2D eigenvalue weighted by atomic mass is 9.98. The van der Waals surface area contributed by atoms with Gasteiger partial charge < -0.3 is 14.3 Å². The summed E-state index contributed by atoms with van der Waals surface area (Å²) in [7, 11) is 1.51. The Balaban J connectivity index is 2.29. The number of aromatic carboxylic acids is 1. The van der Waals surface area contributed by atoms with Crippen LogP contribution in [-0.2, 0) is 11.3 Å². The molecule has 1 aliphatic rings. The van der Waals surface area contributed by atoms with Crippen LogP contribution in [0.1, 0.15) is 54.2 Å². The topological polar surface area (TPSA) is 72.6 Å². The Kier molecular flexibility index (Phi) is 3.47. The van der Waals surface area contributed by atoms with E-state index in [4.69, 9.17) is 14.3 Å². The van der Waals surface area contributed by atoms with Gasteiger partial charge in [0, 0.05) is 13.0 Å². The molecule has 2 unspecified atom stereocenters. The number of ether oxygens (including phenoxy) is 1. The van der Waals surface area contributed by atoms with E-state index in [0.717, 1.165) is 19.3 Å². The van der Waals surface area contributed by atoms with E-state index in [1.165, 1.54) is 7.11 Å². The van der Waals surface area contributed by atoms with E-state index < -0.39 is 5.97 Å². The monoisotopic (exact) mass is 239 g/mol. The first-order valence-electron chi connectivity index (χ1n) is 5.85.